The average molecular weight is 533 g/mol. The number of aliphatic imine (C=N–C) groups is 2. The van der Waals surface area contributed by atoms with Crippen molar-refractivity contribution in [3.05, 3.63) is 23.3 Å². The number of amides is 2. The maximum Gasteiger partial charge on any atom is 0.255 e. The van der Waals surface area contributed by atoms with E-state index in [-0.39, 0.29) is 35.0 Å². The number of hydrogen-bond acceptors (Lipinski definition) is 6. The van der Waals surface area contributed by atoms with Gasteiger partial charge < -0.3 is 43.5 Å². The number of nitrogens with zero attached hydrogens (tertiary/aromatic N) is 2. The second-order valence-electron chi connectivity index (χ2n) is 9.45. The van der Waals surface area contributed by atoms with Gasteiger partial charge >= 0.3 is 0 Å². The third-order valence-electron chi connectivity index (χ3n) is 6.24. The molecule has 0 bridgehead atoms. The van der Waals surface area contributed by atoms with Gasteiger partial charge in [-0.05, 0) is 57.4 Å². The van der Waals surface area contributed by atoms with Gasteiger partial charge in [-0.25, -0.2) is 0 Å². The third kappa shape index (κ3) is 11.6. The van der Waals surface area contributed by atoms with Gasteiger partial charge in [0.05, 0.1) is 24.3 Å². The lowest BCUT2D eigenvalue weighted by atomic mass is 9.95. The number of nitrogens with two attached hydrogens (primary N) is 5. The monoisotopic (exact) mass is 532 g/mol. The zero-order valence-corrected chi connectivity index (χ0v) is 22.3. The molecule has 11 N–H and O–H groups in total. The first-order chi connectivity index (χ1) is 18.3. The zero-order chi connectivity index (χ0) is 27.8. The number of carbonyl (C=O) groups is 2. The predicted molar refractivity (Wildman–Crippen MR) is 149 cm³/mol. The van der Waals surface area contributed by atoms with Crippen LogP contribution in [0.4, 0.5) is 0 Å². The maximum absolute atomic E-state index is 13.2. The average Bonchev–Trinajstić information content (AvgIpc) is 2.87. The maximum atomic E-state index is 13.2. The lowest BCUT2D eigenvalue weighted by molar-refractivity contribution is 0.0923. The molecule has 0 aliphatic heterocycles. The first-order valence-corrected chi connectivity index (χ1v) is 13.4. The SMILES string of the molecule is NC(=O)c1cc(C(=O)NC2CCCCC2)c(OCCCCCN=C(N)N)cc1OCCCCCN=C(N)N. The van der Waals surface area contributed by atoms with Crippen LogP contribution in [0.2, 0.25) is 0 Å². The lowest BCUT2D eigenvalue weighted by Gasteiger charge is -2.24. The summed E-state index contributed by atoms with van der Waals surface area (Å²) in [5.74, 6) is -0.167. The second-order valence-corrected chi connectivity index (χ2v) is 9.45. The Balaban J connectivity index is 2.09. The van der Waals surface area contributed by atoms with E-state index in [0.29, 0.717) is 37.8 Å². The molecule has 0 heterocycles. The van der Waals surface area contributed by atoms with Crippen molar-refractivity contribution in [2.45, 2.75) is 76.7 Å². The fourth-order valence-corrected chi connectivity index (χ4v) is 4.24. The minimum atomic E-state index is -0.675. The highest BCUT2D eigenvalue weighted by atomic mass is 16.5. The molecular formula is C26H44N8O4. The van der Waals surface area contributed by atoms with E-state index in [2.05, 4.69) is 15.3 Å². The molecule has 0 saturated heterocycles. The molecule has 2 rings (SSSR count). The summed E-state index contributed by atoms with van der Waals surface area (Å²) in [6, 6.07) is 3.17. The third-order valence-corrected chi connectivity index (χ3v) is 6.24. The van der Waals surface area contributed by atoms with Crippen LogP contribution in [0.3, 0.4) is 0 Å². The molecule has 1 aliphatic rings. The molecule has 0 atom stereocenters. The minimum Gasteiger partial charge on any atom is -0.493 e. The minimum absolute atomic E-state index is 0.0706. The number of unbranched alkanes of at least 4 members (excludes halogenated alkanes) is 4. The van der Waals surface area contributed by atoms with Crippen molar-refractivity contribution < 1.29 is 19.1 Å². The molecule has 0 aromatic heterocycles. The van der Waals surface area contributed by atoms with Crippen molar-refractivity contribution >= 4 is 23.7 Å². The molecular weight excluding hydrogens is 488 g/mol. The predicted octanol–water partition coefficient (Wildman–Crippen LogP) is 1.49. The van der Waals surface area contributed by atoms with Crippen LogP contribution in [0.15, 0.2) is 22.1 Å². The van der Waals surface area contributed by atoms with E-state index in [0.717, 1.165) is 64.2 Å². The first kappa shape index (κ1) is 30.5. The molecule has 1 fully saturated rings. The molecule has 1 aliphatic carbocycles. The van der Waals surface area contributed by atoms with Gasteiger partial charge in [-0.1, -0.05) is 19.3 Å². The number of guanidine groups is 2. The molecule has 12 nitrogen and oxygen atoms in total. The highest BCUT2D eigenvalue weighted by Gasteiger charge is 2.23. The van der Waals surface area contributed by atoms with Crippen LogP contribution in [-0.2, 0) is 0 Å². The fraction of sp³-hybridized carbons (Fsp3) is 0.615. The summed E-state index contributed by atoms with van der Waals surface area (Å²) in [5, 5.41) is 3.09. The van der Waals surface area contributed by atoms with Crippen LogP contribution < -0.4 is 43.5 Å². The summed E-state index contributed by atoms with van der Waals surface area (Å²) < 4.78 is 11.9. The molecule has 1 aromatic rings. The Morgan fingerprint density at radius 2 is 1.26 bits per heavy atom. The van der Waals surface area contributed by atoms with E-state index < -0.39 is 5.91 Å². The Hall–Kier alpha value is -3.70. The van der Waals surface area contributed by atoms with Gasteiger partial charge in [0.25, 0.3) is 11.8 Å². The first-order valence-electron chi connectivity index (χ1n) is 13.4. The molecule has 0 radical (unpaired) electrons. The van der Waals surface area contributed by atoms with Crippen molar-refractivity contribution in [3.63, 3.8) is 0 Å². The van der Waals surface area contributed by atoms with Crippen LogP contribution in [0.1, 0.15) is 91.3 Å². The smallest absolute Gasteiger partial charge is 0.255 e. The summed E-state index contributed by atoms with van der Waals surface area (Å²) >= 11 is 0. The van der Waals surface area contributed by atoms with Crippen LogP contribution in [0.5, 0.6) is 11.5 Å². The van der Waals surface area contributed by atoms with E-state index in [9.17, 15) is 9.59 Å². The quantitative estimate of drug-likeness (QED) is 0.0977. The normalized spacial score (nSPS) is 13.4. The van der Waals surface area contributed by atoms with E-state index in [4.69, 9.17) is 38.1 Å². The van der Waals surface area contributed by atoms with Crippen molar-refractivity contribution in [2.75, 3.05) is 26.3 Å². The van der Waals surface area contributed by atoms with Gasteiger partial charge in [0.1, 0.15) is 11.5 Å². The Morgan fingerprint density at radius 1 is 0.737 bits per heavy atom. The van der Waals surface area contributed by atoms with Gasteiger partial charge in [-0.3, -0.25) is 19.6 Å². The van der Waals surface area contributed by atoms with E-state index in [1.807, 2.05) is 0 Å². The lowest BCUT2D eigenvalue weighted by Crippen LogP contribution is -2.36. The van der Waals surface area contributed by atoms with Gasteiger partial charge in [0.2, 0.25) is 0 Å². The van der Waals surface area contributed by atoms with Crippen LogP contribution in [0.25, 0.3) is 0 Å². The molecule has 1 saturated carbocycles. The number of rotatable bonds is 17. The molecule has 0 spiro atoms. The van der Waals surface area contributed by atoms with Crippen molar-refractivity contribution in [1.82, 2.24) is 5.32 Å². The van der Waals surface area contributed by atoms with Crippen molar-refractivity contribution in [1.29, 1.82) is 0 Å². The number of nitrogens with one attached hydrogen (secondary N) is 1. The van der Waals surface area contributed by atoms with Crippen molar-refractivity contribution in [2.24, 2.45) is 38.7 Å². The van der Waals surface area contributed by atoms with Gasteiger partial charge in [0, 0.05) is 25.2 Å². The van der Waals surface area contributed by atoms with E-state index in [1.54, 1.807) is 6.07 Å². The number of hydrogen-bond donors (Lipinski definition) is 6. The summed E-state index contributed by atoms with van der Waals surface area (Å²) in [7, 11) is 0. The Labute approximate surface area is 224 Å². The number of primary amides is 1. The zero-order valence-electron chi connectivity index (χ0n) is 22.3. The summed E-state index contributed by atoms with van der Waals surface area (Å²) in [5.41, 5.74) is 27.4. The molecule has 1 aromatic carbocycles. The Kier molecular flexibility index (Phi) is 13.6. The molecule has 0 unspecified atom stereocenters. The number of benzene rings is 1. The molecule has 38 heavy (non-hydrogen) atoms. The highest BCUT2D eigenvalue weighted by Crippen LogP contribution is 2.31. The van der Waals surface area contributed by atoms with E-state index in [1.165, 1.54) is 12.5 Å². The summed E-state index contributed by atoms with van der Waals surface area (Å²) in [4.78, 5) is 33.4. The van der Waals surface area contributed by atoms with Crippen LogP contribution in [0, 0.1) is 0 Å². The number of carbonyl (C=O) groups excluding carboxylic acids is 2. The van der Waals surface area contributed by atoms with E-state index >= 15 is 0 Å². The Morgan fingerprint density at radius 3 is 1.76 bits per heavy atom. The largest absolute Gasteiger partial charge is 0.493 e. The topological polar surface area (TPSA) is 219 Å². The van der Waals surface area contributed by atoms with Gasteiger partial charge in [-0.2, -0.15) is 0 Å². The van der Waals surface area contributed by atoms with Crippen LogP contribution in [-0.4, -0.2) is 56.1 Å². The molecule has 2 amide bonds. The highest BCUT2D eigenvalue weighted by molar-refractivity contribution is 6.03. The molecule has 212 valence electrons. The standard InChI is InChI=1S/C26H44N8O4/c27-23(35)19-16-20(24(36)34-18-10-4-1-5-11-18)22(38-15-9-3-7-13-33-26(30)31)17-21(19)37-14-8-2-6-12-32-25(28)29/h16-18H,1-15H2,(H2,27,35)(H,34,36)(H4,28,29,32)(H4,30,31,33). The fourth-order valence-electron chi connectivity index (χ4n) is 4.24. The summed E-state index contributed by atoms with van der Waals surface area (Å²) in [6.07, 6.45) is 10.00. The van der Waals surface area contributed by atoms with Gasteiger partial charge in [-0.15, -0.1) is 0 Å². The summed E-state index contributed by atoms with van der Waals surface area (Å²) in [6.45, 7) is 1.84. The molecule has 12 heteroatoms. The van der Waals surface area contributed by atoms with Gasteiger partial charge in [0.15, 0.2) is 11.9 Å². The second kappa shape index (κ2) is 16.9. The van der Waals surface area contributed by atoms with Crippen LogP contribution >= 0.6 is 0 Å². The number of ether oxygens (including phenoxy) is 2. The Bertz CT molecular complexity index is 953. The van der Waals surface area contributed by atoms with Crippen molar-refractivity contribution in [3.8, 4) is 11.5 Å².